The molecular weight excluding hydrogens is 236 g/mol. The van der Waals surface area contributed by atoms with E-state index in [1.807, 2.05) is 6.92 Å². The van der Waals surface area contributed by atoms with Gasteiger partial charge in [0.15, 0.2) is 0 Å². The van der Waals surface area contributed by atoms with Crippen molar-refractivity contribution >= 4 is 22.8 Å². The van der Waals surface area contributed by atoms with Crippen molar-refractivity contribution < 1.29 is 5.11 Å². The Morgan fingerprint density at radius 1 is 1.59 bits per heavy atom. The lowest BCUT2D eigenvalue weighted by molar-refractivity contribution is 0.281. The van der Waals surface area contributed by atoms with Crippen LogP contribution < -0.4 is 5.73 Å². The van der Waals surface area contributed by atoms with E-state index in [4.69, 9.17) is 17.4 Å². The van der Waals surface area contributed by atoms with Crippen molar-refractivity contribution in [2.45, 2.75) is 13.5 Å². The van der Waals surface area contributed by atoms with Crippen LogP contribution in [0.4, 0.5) is 11.5 Å². The second-order valence-electron chi connectivity index (χ2n) is 3.43. The van der Waals surface area contributed by atoms with Crippen LogP contribution in [0.5, 0.6) is 0 Å². The Kier molecular flexibility index (Phi) is 3.04. The number of hydrogen-bond donors (Lipinski definition) is 2. The molecule has 0 unspecified atom stereocenters. The molecule has 0 aliphatic heterocycles. The summed E-state index contributed by atoms with van der Waals surface area (Å²) in [7, 11) is 0. The summed E-state index contributed by atoms with van der Waals surface area (Å²) in [6.45, 7) is 8.67. The predicted molar refractivity (Wildman–Crippen MR) is 66.7 cm³/mol. The van der Waals surface area contributed by atoms with Crippen LogP contribution in [0.1, 0.15) is 10.7 Å². The molecule has 5 nitrogen and oxygen atoms in total. The van der Waals surface area contributed by atoms with Crippen LogP contribution in [0.3, 0.4) is 0 Å². The van der Waals surface area contributed by atoms with Gasteiger partial charge in [0.2, 0.25) is 0 Å². The molecule has 2 heterocycles. The number of aromatic nitrogens is 2. The van der Waals surface area contributed by atoms with Crippen molar-refractivity contribution in [3.8, 4) is 10.4 Å². The number of rotatable bonds is 2. The Morgan fingerprint density at radius 2 is 2.35 bits per heavy atom. The number of nitrogens with zero attached hydrogens (tertiary/aromatic N) is 3. The largest absolute Gasteiger partial charge is 0.406 e. The van der Waals surface area contributed by atoms with Crippen LogP contribution in [-0.4, -0.2) is 15.1 Å². The zero-order valence-corrected chi connectivity index (χ0v) is 9.95. The molecule has 3 N–H and O–H groups in total. The van der Waals surface area contributed by atoms with Crippen molar-refractivity contribution in [1.82, 2.24) is 9.97 Å². The molecule has 0 amide bonds. The molecule has 2 aromatic heterocycles. The first kappa shape index (κ1) is 11.5. The third kappa shape index (κ3) is 2.11. The lowest BCUT2D eigenvalue weighted by atomic mass is 10.2. The van der Waals surface area contributed by atoms with Gasteiger partial charge in [-0.1, -0.05) is 6.57 Å². The Morgan fingerprint density at radius 3 is 2.88 bits per heavy atom. The van der Waals surface area contributed by atoms with Crippen molar-refractivity contribution in [3.05, 3.63) is 34.4 Å². The van der Waals surface area contributed by atoms with E-state index in [9.17, 15) is 0 Å². The van der Waals surface area contributed by atoms with Gasteiger partial charge in [-0.25, -0.2) is 4.98 Å². The molecule has 17 heavy (non-hydrogen) atoms. The van der Waals surface area contributed by atoms with E-state index in [1.165, 1.54) is 11.3 Å². The van der Waals surface area contributed by atoms with Crippen LogP contribution in [0.15, 0.2) is 12.3 Å². The second kappa shape index (κ2) is 4.49. The van der Waals surface area contributed by atoms with E-state index in [0.29, 0.717) is 10.7 Å². The molecular formula is C11H10N4OS. The van der Waals surface area contributed by atoms with Gasteiger partial charge in [0.25, 0.3) is 5.82 Å². The lowest BCUT2D eigenvalue weighted by Crippen LogP contribution is -1.89. The molecule has 0 aromatic carbocycles. The lowest BCUT2D eigenvalue weighted by Gasteiger charge is -2.00. The number of anilines is 1. The second-order valence-corrected chi connectivity index (χ2v) is 4.51. The Balaban J connectivity index is 2.50. The number of aliphatic hydroxyl groups is 1. The molecule has 0 bridgehead atoms. The summed E-state index contributed by atoms with van der Waals surface area (Å²) in [4.78, 5) is 12.3. The number of thiazole rings is 1. The SMILES string of the molecule is [C-]#[N+]c1ncc(-c2sc(CO)nc2C)cc1N. The maximum atomic E-state index is 9.03. The number of nitrogens with two attached hydrogens (primary N) is 1. The molecule has 0 fully saturated rings. The number of aliphatic hydroxyl groups excluding tert-OH is 1. The van der Waals surface area contributed by atoms with E-state index in [1.54, 1.807) is 12.3 Å². The van der Waals surface area contributed by atoms with Crippen molar-refractivity contribution in [1.29, 1.82) is 0 Å². The van der Waals surface area contributed by atoms with Gasteiger partial charge >= 0.3 is 0 Å². The van der Waals surface area contributed by atoms with Crippen LogP contribution in [0.25, 0.3) is 15.3 Å². The monoisotopic (exact) mass is 246 g/mol. The van der Waals surface area contributed by atoms with Crippen molar-refractivity contribution in [2.75, 3.05) is 5.73 Å². The number of pyridine rings is 1. The quantitative estimate of drug-likeness (QED) is 0.796. The van der Waals surface area contributed by atoms with E-state index in [2.05, 4.69) is 14.8 Å². The van der Waals surface area contributed by atoms with E-state index in [-0.39, 0.29) is 12.4 Å². The number of hydrogen-bond acceptors (Lipinski definition) is 5. The van der Waals surface area contributed by atoms with Crippen LogP contribution in [0.2, 0.25) is 0 Å². The molecule has 0 radical (unpaired) electrons. The Hall–Kier alpha value is -1.97. The minimum absolute atomic E-state index is 0.0748. The van der Waals surface area contributed by atoms with Crippen LogP contribution >= 0.6 is 11.3 Å². The van der Waals surface area contributed by atoms with Gasteiger partial charge < -0.3 is 15.7 Å². The Bertz CT molecular complexity index is 600. The zero-order valence-electron chi connectivity index (χ0n) is 9.14. The smallest absolute Gasteiger partial charge is 0.292 e. The van der Waals surface area contributed by atoms with Gasteiger partial charge in [-0.3, -0.25) is 0 Å². The highest BCUT2D eigenvalue weighted by atomic mass is 32.1. The third-order valence-electron chi connectivity index (χ3n) is 2.24. The minimum Gasteiger partial charge on any atom is -0.406 e. The first-order valence-corrected chi connectivity index (χ1v) is 5.68. The van der Waals surface area contributed by atoms with E-state index in [0.717, 1.165) is 16.1 Å². The first-order chi connectivity index (χ1) is 8.15. The van der Waals surface area contributed by atoms with E-state index < -0.39 is 0 Å². The summed E-state index contributed by atoms with van der Waals surface area (Å²) in [5.74, 6) is 0.207. The third-order valence-corrected chi connectivity index (χ3v) is 3.43. The van der Waals surface area contributed by atoms with E-state index >= 15 is 0 Å². The van der Waals surface area contributed by atoms with Gasteiger partial charge in [0.05, 0.1) is 22.9 Å². The fourth-order valence-corrected chi connectivity index (χ4v) is 2.39. The van der Waals surface area contributed by atoms with Crippen molar-refractivity contribution in [2.24, 2.45) is 0 Å². The summed E-state index contributed by atoms with van der Waals surface area (Å²) in [6.07, 6.45) is 1.60. The maximum absolute atomic E-state index is 9.03. The van der Waals surface area contributed by atoms with Gasteiger partial charge in [-0.05, 0) is 13.0 Å². The van der Waals surface area contributed by atoms with Gasteiger partial charge in [-0.2, -0.15) is 0 Å². The van der Waals surface area contributed by atoms with Gasteiger partial charge in [0.1, 0.15) is 11.2 Å². The topological polar surface area (TPSA) is 76.4 Å². The number of aryl methyl sites for hydroxylation is 1. The standard InChI is InChI=1S/C11H10N4OS/c1-6-10(17-9(5-16)15-6)7-3-8(12)11(13-2)14-4-7/h3-4,16H,5,12H2,1H3. The molecule has 0 atom stereocenters. The first-order valence-electron chi connectivity index (χ1n) is 4.86. The summed E-state index contributed by atoms with van der Waals surface area (Å²) in [5.41, 5.74) is 7.73. The minimum atomic E-state index is -0.0748. The summed E-state index contributed by atoms with van der Waals surface area (Å²) in [5, 5.41) is 9.68. The Labute approximate surface area is 102 Å². The normalized spacial score (nSPS) is 10.2. The average molecular weight is 246 g/mol. The average Bonchev–Trinajstić information content (AvgIpc) is 2.70. The molecule has 6 heteroatoms. The maximum Gasteiger partial charge on any atom is 0.292 e. The summed E-state index contributed by atoms with van der Waals surface area (Å²) in [6, 6.07) is 1.71. The molecule has 0 saturated carbocycles. The van der Waals surface area contributed by atoms with Crippen molar-refractivity contribution in [3.63, 3.8) is 0 Å². The highest BCUT2D eigenvalue weighted by Crippen LogP contribution is 2.32. The predicted octanol–water partition coefficient (Wildman–Crippen LogP) is 2.14. The number of nitrogen functional groups attached to an aromatic ring is 1. The fraction of sp³-hybridized carbons (Fsp3) is 0.182. The molecule has 86 valence electrons. The molecule has 2 aromatic rings. The van der Waals surface area contributed by atoms with Gasteiger partial charge in [0, 0.05) is 5.56 Å². The highest BCUT2D eigenvalue weighted by Gasteiger charge is 2.12. The van der Waals surface area contributed by atoms with Crippen LogP contribution in [0, 0.1) is 13.5 Å². The van der Waals surface area contributed by atoms with Crippen LogP contribution in [-0.2, 0) is 6.61 Å². The fourth-order valence-electron chi connectivity index (χ4n) is 1.48. The molecule has 0 aliphatic rings. The molecule has 0 aliphatic carbocycles. The molecule has 0 saturated heterocycles. The van der Waals surface area contributed by atoms with Gasteiger partial charge in [-0.15, -0.1) is 16.3 Å². The highest BCUT2D eigenvalue weighted by molar-refractivity contribution is 7.15. The molecule has 0 spiro atoms. The summed E-state index contributed by atoms with van der Waals surface area (Å²) >= 11 is 1.40. The summed E-state index contributed by atoms with van der Waals surface area (Å²) < 4.78 is 0. The molecule has 2 rings (SSSR count). The zero-order chi connectivity index (χ0) is 12.4.